The minimum Gasteiger partial charge on any atom is -0.376 e. The number of hydrogen-bond donors (Lipinski definition) is 0. The molecule has 0 atom stereocenters. The molecule has 0 aliphatic rings. The fourth-order valence-corrected chi connectivity index (χ4v) is 6.50. The van der Waals surface area contributed by atoms with Gasteiger partial charge in [-0.2, -0.15) is 0 Å². The van der Waals surface area contributed by atoms with Gasteiger partial charge in [-0.15, -0.1) is 11.3 Å². The van der Waals surface area contributed by atoms with Gasteiger partial charge >= 0.3 is 0 Å². The van der Waals surface area contributed by atoms with Gasteiger partial charge in [0.05, 0.1) is 13.2 Å². The monoisotopic (exact) mass is 588 g/mol. The van der Waals surface area contributed by atoms with E-state index in [1.165, 1.54) is 22.0 Å². The Labute approximate surface area is 263 Å². The summed E-state index contributed by atoms with van der Waals surface area (Å²) in [6.07, 6.45) is 0.842. The van der Waals surface area contributed by atoms with E-state index >= 15 is 0 Å². The second kappa shape index (κ2) is 14.6. The highest BCUT2D eigenvalue weighted by Crippen LogP contribution is 2.25. The van der Waals surface area contributed by atoms with E-state index in [9.17, 15) is 4.79 Å². The van der Waals surface area contributed by atoms with Crippen molar-refractivity contribution in [2.24, 2.45) is 0 Å². The molecule has 2 nitrogen and oxygen atoms in total. The van der Waals surface area contributed by atoms with Crippen molar-refractivity contribution in [2.45, 2.75) is 13.0 Å². The van der Waals surface area contributed by atoms with Gasteiger partial charge in [0.2, 0.25) is 6.71 Å². The predicted molar refractivity (Wildman–Crippen MR) is 189 cm³/mol. The second-order valence-corrected chi connectivity index (χ2v) is 11.8. The third-order valence-corrected chi connectivity index (χ3v) is 8.84. The first kappa shape index (κ1) is 29.3. The topological polar surface area (TPSA) is 26.3 Å². The molecule has 0 aliphatic carbocycles. The Hall–Kier alpha value is -4.77. The van der Waals surface area contributed by atoms with Crippen LogP contribution in [0, 0.1) is 0 Å². The first-order valence-electron chi connectivity index (χ1n) is 15.0. The lowest BCUT2D eigenvalue weighted by molar-refractivity contribution is 0.124. The third-order valence-electron chi connectivity index (χ3n) is 7.69. The average Bonchev–Trinajstić information content (AvgIpc) is 3.10. The number of hydrogen-bond acceptors (Lipinski definition) is 3. The summed E-state index contributed by atoms with van der Waals surface area (Å²) in [5.41, 5.74) is 6.24. The fraction of sp³-hybridized carbons (Fsp3) is 0.0750. The van der Waals surface area contributed by atoms with Crippen LogP contribution in [0.25, 0.3) is 20.2 Å². The van der Waals surface area contributed by atoms with Crippen LogP contribution >= 0.6 is 11.3 Å². The van der Waals surface area contributed by atoms with Crippen molar-refractivity contribution in [3.8, 4) is 0 Å². The van der Waals surface area contributed by atoms with Gasteiger partial charge < -0.3 is 4.74 Å². The maximum absolute atomic E-state index is 13.0. The van der Waals surface area contributed by atoms with E-state index in [1.54, 1.807) is 11.3 Å². The van der Waals surface area contributed by atoms with Crippen LogP contribution in [0.1, 0.15) is 11.1 Å². The molecular weight excluding hydrogens is 555 g/mol. The predicted octanol–water partition coefficient (Wildman–Crippen LogP) is 7.38. The Morgan fingerprint density at radius 1 is 0.500 bits per heavy atom. The van der Waals surface area contributed by atoms with Crippen LogP contribution in [0.4, 0.5) is 0 Å². The van der Waals surface area contributed by atoms with E-state index in [2.05, 4.69) is 91.0 Å². The number of benzene rings is 6. The molecule has 44 heavy (non-hydrogen) atoms. The highest BCUT2D eigenvalue weighted by atomic mass is 32.1. The molecule has 214 valence electrons. The summed E-state index contributed by atoms with van der Waals surface area (Å²) >= 11 is 1.66. The first-order chi connectivity index (χ1) is 21.8. The molecule has 0 aliphatic heterocycles. The molecule has 0 amide bonds. The first-order valence-corrected chi connectivity index (χ1v) is 15.8. The minimum atomic E-state index is 0.0978. The van der Waals surface area contributed by atoms with Crippen LogP contribution < -0.4 is 21.8 Å². The molecule has 0 spiro atoms. The normalized spacial score (nSPS) is 10.7. The molecule has 0 bridgehead atoms. The average molecular weight is 589 g/mol. The Kier molecular flexibility index (Phi) is 9.73. The van der Waals surface area contributed by atoms with Crippen molar-refractivity contribution in [3.63, 3.8) is 0 Å². The summed E-state index contributed by atoms with van der Waals surface area (Å²) in [4.78, 5) is 13.0. The zero-order chi connectivity index (χ0) is 30.0. The SMILES string of the molecule is O=c1c2ccccc2sc2ccc(COCCc3ccc(B(c4ccccc4)c4ccccc4)cc3)cc12.c1ccccc1. The standard InChI is InChI=1S/C34H27BO2S.C6H6/c36-34-30-13-7-8-14-32(30)38-33-20-17-26(23-31(33)34)24-37-22-21-25-15-18-29(19-16-25)35(27-9-3-1-4-10-27)28-11-5-2-6-12-28;1-2-4-6-5-3-1/h1-20,23H,21-22,24H2;1-6H. The molecule has 7 rings (SSSR count). The summed E-state index contributed by atoms with van der Waals surface area (Å²) in [6.45, 7) is 1.33. The van der Waals surface area contributed by atoms with Crippen molar-refractivity contribution in [3.05, 3.63) is 185 Å². The van der Waals surface area contributed by atoms with E-state index in [0.717, 1.165) is 32.2 Å². The summed E-state index contributed by atoms with van der Waals surface area (Å²) < 4.78 is 8.06. The van der Waals surface area contributed by atoms with E-state index < -0.39 is 0 Å². The van der Waals surface area contributed by atoms with Gasteiger partial charge in [0.15, 0.2) is 5.43 Å². The van der Waals surface area contributed by atoms with Crippen LogP contribution in [-0.4, -0.2) is 13.3 Å². The highest BCUT2D eigenvalue weighted by molar-refractivity contribution is 7.24. The van der Waals surface area contributed by atoms with Crippen molar-refractivity contribution in [1.29, 1.82) is 0 Å². The number of fused-ring (bicyclic) bond motifs is 2. The molecule has 1 heterocycles. The smallest absolute Gasteiger partial charge is 0.241 e. The van der Waals surface area contributed by atoms with E-state index in [1.807, 2.05) is 72.8 Å². The zero-order valence-corrected chi connectivity index (χ0v) is 25.3. The largest absolute Gasteiger partial charge is 0.376 e. The van der Waals surface area contributed by atoms with Crippen molar-refractivity contribution >= 4 is 54.6 Å². The lowest BCUT2D eigenvalue weighted by atomic mass is 9.37. The van der Waals surface area contributed by atoms with Gasteiger partial charge in [0.1, 0.15) is 0 Å². The van der Waals surface area contributed by atoms with E-state index in [0.29, 0.717) is 13.2 Å². The molecule has 0 saturated carbocycles. The quantitative estimate of drug-likeness (QED) is 0.105. The van der Waals surface area contributed by atoms with Crippen molar-refractivity contribution < 1.29 is 4.74 Å². The van der Waals surface area contributed by atoms with Crippen LogP contribution in [0.5, 0.6) is 0 Å². The lowest BCUT2D eigenvalue weighted by Crippen LogP contribution is -2.51. The summed E-state index contributed by atoms with van der Waals surface area (Å²) in [6, 6.07) is 56.2. The molecular formula is C40H33BO2S. The van der Waals surface area contributed by atoms with Crippen LogP contribution in [0.3, 0.4) is 0 Å². The van der Waals surface area contributed by atoms with Crippen LogP contribution in [0.15, 0.2) is 169 Å². The molecule has 7 aromatic rings. The summed E-state index contributed by atoms with van der Waals surface area (Å²) in [7, 11) is 0. The van der Waals surface area contributed by atoms with E-state index in [4.69, 9.17) is 4.74 Å². The van der Waals surface area contributed by atoms with Gasteiger partial charge in [-0.25, -0.2) is 0 Å². The zero-order valence-electron chi connectivity index (χ0n) is 24.5. The summed E-state index contributed by atoms with van der Waals surface area (Å²) in [5.74, 6) is 0. The minimum absolute atomic E-state index is 0.0978. The molecule has 0 radical (unpaired) electrons. The molecule has 0 saturated heterocycles. The Balaban J connectivity index is 0.000000513. The van der Waals surface area contributed by atoms with Gasteiger partial charge in [0.25, 0.3) is 0 Å². The molecule has 1 aromatic heterocycles. The Morgan fingerprint density at radius 2 is 1.00 bits per heavy atom. The van der Waals surface area contributed by atoms with Gasteiger partial charge in [-0.1, -0.05) is 156 Å². The summed E-state index contributed by atoms with van der Waals surface area (Å²) in [5, 5.41) is 1.56. The fourth-order valence-electron chi connectivity index (χ4n) is 5.45. The molecule has 4 heteroatoms. The van der Waals surface area contributed by atoms with Crippen LogP contribution in [0.2, 0.25) is 0 Å². The van der Waals surface area contributed by atoms with Gasteiger partial charge in [0, 0.05) is 20.2 Å². The maximum Gasteiger partial charge on any atom is 0.241 e. The van der Waals surface area contributed by atoms with Gasteiger partial charge in [-0.3, -0.25) is 4.79 Å². The molecule has 0 fully saturated rings. The highest BCUT2D eigenvalue weighted by Gasteiger charge is 2.21. The Bertz CT molecular complexity index is 1910. The third kappa shape index (κ3) is 7.23. The van der Waals surface area contributed by atoms with E-state index in [-0.39, 0.29) is 12.1 Å². The second-order valence-electron chi connectivity index (χ2n) is 10.7. The van der Waals surface area contributed by atoms with Crippen molar-refractivity contribution in [1.82, 2.24) is 0 Å². The maximum atomic E-state index is 13.0. The van der Waals surface area contributed by atoms with Gasteiger partial charge in [-0.05, 0) is 41.8 Å². The molecule has 0 N–H and O–H groups in total. The van der Waals surface area contributed by atoms with Crippen LogP contribution in [-0.2, 0) is 17.8 Å². The number of ether oxygens (including phenoxy) is 1. The molecule has 0 unspecified atom stereocenters. The Morgan fingerprint density at radius 3 is 1.64 bits per heavy atom. The van der Waals surface area contributed by atoms with Crippen molar-refractivity contribution in [2.75, 3.05) is 6.61 Å². The lowest BCUT2D eigenvalue weighted by Gasteiger charge is -2.16. The number of rotatable bonds is 8. The molecule has 6 aromatic carbocycles.